The fourth-order valence-corrected chi connectivity index (χ4v) is 4.79. The first-order valence-corrected chi connectivity index (χ1v) is 14.1. The van der Waals surface area contributed by atoms with Crippen LogP contribution in [0, 0.1) is 5.92 Å². The van der Waals surface area contributed by atoms with Crippen molar-refractivity contribution in [1.29, 1.82) is 0 Å². The van der Waals surface area contributed by atoms with Crippen LogP contribution in [0.25, 0.3) is 0 Å². The van der Waals surface area contributed by atoms with Crippen molar-refractivity contribution in [2.24, 2.45) is 5.92 Å². The van der Waals surface area contributed by atoms with E-state index >= 15 is 0 Å². The third kappa shape index (κ3) is 8.93. The number of aliphatic hydroxyl groups excluding tert-OH is 1. The minimum absolute atomic E-state index is 0.243. The molecule has 3 aromatic carbocycles. The van der Waals surface area contributed by atoms with Crippen LogP contribution in [0.15, 0.2) is 54.6 Å². The molecule has 2 amide bonds. The molecule has 44 heavy (non-hydrogen) atoms. The molecule has 0 unspecified atom stereocenters. The van der Waals surface area contributed by atoms with Gasteiger partial charge in [0.05, 0.1) is 54.7 Å². The first-order chi connectivity index (χ1) is 21.3. The van der Waals surface area contributed by atoms with Crippen molar-refractivity contribution in [3.05, 3.63) is 71.3 Å². The molecule has 0 aromatic heterocycles. The lowest BCUT2D eigenvalue weighted by atomic mass is 9.91. The number of methoxy groups -OCH3 is 6. The molecule has 3 aromatic rings. The molecule has 0 bridgehead atoms. The summed E-state index contributed by atoms with van der Waals surface area (Å²) in [4.78, 5) is 26.5. The van der Waals surface area contributed by atoms with Gasteiger partial charge in [0.25, 0.3) is 0 Å². The van der Waals surface area contributed by atoms with E-state index in [4.69, 9.17) is 28.4 Å². The van der Waals surface area contributed by atoms with E-state index in [1.165, 1.54) is 14.2 Å². The number of rotatable bonds is 17. The van der Waals surface area contributed by atoms with Gasteiger partial charge in [0.15, 0.2) is 11.5 Å². The molecule has 0 aliphatic carbocycles. The maximum absolute atomic E-state index is 13.5. The molecule has 3 N–H and O–H groups in total. The number of ether oxygens (including phenoxy) is 6. The van der Waals surface area contributed by atoms with Crippen molar-refractivity contribution in [2.75, 3.05) is 55.7 Å². The van der Waals surface area contributed by atoms with Gasteiger partial charge in [-0.1, -0.05) is 18.2 Å². The molecular formula is C33H42N2O9. The van der Waals surface area contributed by atoms with Crippen molar-refractivity contribution < 1.29 is 43.1 Å². The lowest BCUT2D eigenvalue weighted by Crippen LogP contribution is -2.39. The number of benzene rings is 3. The van der Waals surface area contributed by atoms with Gasteiger partial charge >= 0.3 is 0 Å². The Labute approximate surface area is 258 Å². The van der Waals surface area contributed by atoms with E-state index in [2.05, 4.69) is 10.6 Å². The number of carbonyl (C=O) groups is 2. The predicted octanol–water partition coefficient (Wildman–Crippen LogP) is 3.50. The standard InChI is InChI=1S/C33H42N2O9/c1-39-24-10-7-21(28(18-24)42-4)13-15-34-31(36)20-26(32(37)23-9-12-27(41-3)30(17-23)44-6)33(38)35-16-14-22-8-11-25(40-2)19-29(22)43-5/h7-12,17-19,26,32,37H,13-16,20H2,1-6H3,(H,34,36)(H,35,38)/t26-,32+/m0/s1. The van der Waals surface area contributed by atoms with Gasteiger partial charge in [-0.3, -0.25) is 9.59 Å². The van der Waals surface area contributed by atoms with Gasteiger partial charge in [0, 0.05) is 31.6 Å². The van der Waals surface area contributed by atoms with Crippen molar-refractivity contribution in [1.82, 2.24) is 10.6 Å². The highest BCUT2D eigenvalue weighted by Crippen LogP contribution is 2.33. The van der Waals surface area contributed by atoms with Gasteiger partial charge in [-0.25, -0.2) is 0 Å². The first-order valence-electron chi connectivity index (χ1n) is 14.1. The SMILES string of the molecule is COc1ccc(CCNC(=O)C[C@H](C(=O)NCCc2ccc(OC)cc2OC)[C@H](O)c2ccc(OC)c(OC)c2)c(OC)c1. The van der Waals surface area contributed by atoms with Crippen LogP contribution in [0.2, 0.25) is 0 Å². The van der Waals surface area contributed by atoms with Crippen LogP contribution in [0.5, 0.6) is 34.5 Å². The highest BCUT2D eigenvalue weighted by atomic mass is 16.5. The highest BCUT2D eigenvalue weighted by molar-refractivity contribution is 5.86. The molecule has 3 rings (SSSR count). The van der Waals surface area contributed by atoms with Crippen molar-refractivity contribution in [3.63, 3.8) is 0 Å². The summed E-state index contributed by atoms with van der Waals surface area (Å²) in [7, 11) is 9.28. The molecule has 11 heteroatoms. The fraction of sp³-hybridized carbons (Fsp3) is 0.394. The minimum atomic E-state index is -1.29. The molecule has 238 valence electrons. The highest BCUT2D eigenvalue weighted by Gasteiger charge is 2.31. The second-order valence-corrected chi connectivity index (χ2v) is 9.87. The minimum Gasteiger partial charge on any atom is -0.497 e. The van der Waals surface area contributed by atoms with E-state index < -0.39 is 17.9 Å². The van der Waals surface area contributed by atoms with Crippen LogP contribution in [-0.2, 0) is 22.4 Å². The first kappa shape index (κ1) is 33.9. The van der Waals surface area contributed by atoms with Gasteiger partial charge in [0.1, 0.15) is 23.0 Å². The van der Waals surface area contributed by atoms with Crippen LogP contribution in [0.3, 0.4) is 0 Å². The second kappa shape index (κ2) is 16.9. The summed E-state index contributed by atoms with van der Waals surface area (Å²) in [6, 6.07) is 15.8. The smallest absolute Gasteiger partial charge is 0.226 e. The van der Waals surface area contributed by atoms with Crippen LogP contribution in [0.4, 0.5) is 0 Å². The van der Waals surface area contributed by atoms with Gasteiger partial charge in [-0.15, -0.1) is 0 Å². The third-order valence-electron chi connectivity index (χ3n) is 7.27. The third-order valence-corrected chi connectivity index (χ3v) is 7.27. The van der Waals surface area contributed by atoms with E-state index in [0.29, 0.717) is 59.4 Å². The maximum atomic E-state index is 13.5. The Kier molecular flexibility index (Phi) is 13.0. The zero-order chi connectivity index (χ0) is 32.1. The lowest BCUT2D eigenvalue weighted by molar-refractivity contribution is -0.134. The Hall–Kier alpha value is -4.64. The second-order valence-electron chi connectivity index (χ2n) is 9.87. The number of carbonyl (C=O) groups excluding carboxylic acids is 2. The monoisotopic (exact) mass is 610 g/mol. The molecule has 2 atom stereocenters. The number of hydrogen-bond acceptors (Lipinski definition) is 9. The summed E-state index contributed by atoms with van der Waals surface area (Å²) >= 11 is 0. The fourth-order valence-electron chi connectivity index (χ4n) is 4.79. The quantitative estimate of drug-likeness (QED) is 0.210. The van der Waals surface area contributed by atoms with Crippen molar-refractivity contribution in [2.45, 2.75) is 25.4 Å². The maximum Gasteiger partial charge on any atom is 0.226 e. The zero-order valence-corrected chi connectivity index (χ0v) is 26.1. The number of aliphatic hydroxyl groups is 1. The van der Waals surface area contributed by atoms with E-state index in [9.17, 15) is 14.7 Å². The van der Waals surface area contributed by atoms with Crippen LogP contribution in [0.1, 0.15) is 29.2 Å². The average molecular weight is 611 g/mol. The summed E-state index contributed by atoms with van der Waals surface area (Å²) in [5.41, 5.74) is 2.18. The van der Waals surface area contributed by atoms with E-state index in [1.807, 2.05) is 24.3 Å². The predicted molar refractivity (Wildman–Crippen MR) is 165 cm³/mol. The largest absolute Gasteiger partial charge is 0.497 e. The molecule has 0 radical (unpaired) electrons. The summed E-state index contributed by atoms with van der Waals surface area (Å²) < 4.78 is 32.1. The van der Waals surface area contributed by atoms with Crippen molar-refractivity contribution >= 4 is 11.8 Å². The lowest BCUT2D eigenvalue weighted by Gasteiger charge is -2.23. The van der Waals surface area contributed by atoms with E-state index in [-0.39, 0.29) is 18.9 Å². The Morgan fingerprint density at radius 1 is 0.636 bits per heavy atom. The number of hydrogen-bond donors (Lipinski definition) is 3. The molecule has 0 fully saturated rings. The molecule has 0 heterocycles. The molecule has 0 aliphatic rings. The number of nitrogens with one attached hydrogen (secondary N) is 2. The molecule has 0 saturated heterocycles. The zero-order valence-electron chi connectivity index (χ0n) is 26.1. The van der Waals surface area contributed by atoms with Gasteiger partial charge in [0.2, 0.25) is 11.8 Å². The van der Waals surface area contributed by atoms with Gasteiger partial charge < -0.3 is 44.2 Å². The van der Waals surface area contributed by atoms with E-state index in [0.717, 1.165) is 11.1 Å². The molecule has 0 saturated carbocycles. The summed E-state index contributed by atoms with van der Waals surface area (Å²) in [5, 5.41) is 17.1. The normalized spacial score (nSPS) is 12.0. The van der Waals surface area contributed by atoms with Crippen molar-refractivity contribution in [3.8, 4) is 34.5 Å². The molecule has 11 nitrogen and oxygen atoms in total. The molecular weight excluding hydrogens is 568 g/mol. The average Bonchev–Trinajstić information content (AvgIpc) is 3.06. The summed E-state index contributed by atoms with van der Waals surface area (Å²) in [6.45, 7) is 0.565. The van der Waals surface area contributed by atoms with Gasteiger partial charge in [-0.05, 0) is 53.8 Å². The van der Waals surface area contributed by atoms with Crippen LogP contribution in [-0.4, -0.2) is 72.7 Å². The number of amides is 2. The Bertz CT molecular complexity index is 1400. The molecule has 0 spiro atoms. The Morgan fingerprint density at radius 3 is 1.66 bits per heavy atom. The Morgan fingerprint density at radius 2 is 1.16 bits per heavy atom. The summed E-state index contributed by atoms with van der Waals surface area (Å²) in [6.07, 6.45) is -0.573. The van der Waals surface area contributed by atoms with Crippen LogP contribution < -0.4 is 39.1 Å². The Balaban J connectivity index is 1.72. The summed E-state index contributed by atoms with van der Waals surface area (Å²) in [5.74, 6) is 1.54. The van der Waals surface area contributed by atoms with Gasteiger partial charge in [-0.2, -0.15) is 0 Å². The molecule has 0 aliphatic heterocycles. The van der Waals surface area contributed by atoms with E-state index in [1.54, 1.807) is 58.8 Å². The van der Waals surface area contributed by atoms with Crippen LogP contribution >= 0.6 is 0 Å². The topological polar surface area (TPSA) is 134 Å².